The van der Waals surface area contributed by atoms with Crippen molar-refractivity contribution in [2.45, 2.75) is 64.9 Å². The lowest BCUT2D eigenvalue weighted by atomic mass is 10.0. The van der Waals surface area contributed by atoms with Crippen molar-refractivity contribution in [1.82, 2.24) is 5.32 Å². The van der Waals surface area contributed by atoms with E-state index in [2.05, 4.69) is 5.32 Å². The molecule has 0 aromatic heterocycles. The van der Waals surface area contributed by atoms with Crippen LogP contribution in [-0.2, 0) is 19.1 Å². The van der Waals surface area contributed by atoms with E-state index < -0.39 is 11.7 Å². The molecule has 0 fully saturated rings. The van der Waals surface area contributed by atoms with Crippen LogP contribution in [-0.4, -0.2) is 42.1 Å². The maximum atomic E-state index is 11.6. The van der Waals surface area contributed by atoms with Gasteiger partial charge >= 0.3 is 6.09 Å². The zero-order valence-corrected chi connectivity index (χ0v) is 14.3. The van der Waals surface area contributed by atoms with Gasteiger partial charge in [0.2, 0.25) is 0 Å². The highest BCUT2D eigenvalue weighted by atomic mass is 16.6. The maximum absolute atomic E-state index is 11.6. The number of ether oxygens (including phenoxy) is 1. The predicted octanol–water partition coefficient (Wildman–Crippen LogP) is 1.52. The Morgan fingerprint density at radius 3 is 1.70 bits per heavy atom. The van der Waals surface area contributed by atoms with Gasteiger partial charge in [-0.15, -0.1) is 0 Å². The van der Waals surface area contributed by atoms with E-state index in [4.69, 9.17) is 10.5 Å². The fourth-order valence-corrected chi connectivity index (χ4v) is 1.71. The number of nitrogens with one attached hydrogen (secondary N) is 1. The Morgan fingerprint density at radius 1 is 0.826 bits per heavy atom. The van der Waals surface area contributed by atoms with Gasteiger partial charge in [-0.05, 0) is 27.3 Å². The highest BCUT2D eigenvalue weighted by Crippen LogP contribution is 2.06. The fourth-order valence-electron chi connectivity index (χ4n) is 1.71. The standard InChI is InChI=1S/C16H28N2O5/c1-16(2,3)23-15(22)18-11-9-14(21)7-5-12(19)4-6-13(20)8-10-17/h4-11,17H2,1-3H3,(H,18,22). The van der Waals surface area contributed by atoms with Crippen LogP contribution >= 0.6 is 0 Å². The number of hydrogen-bond acceptors (Lipinski definition) is 6. The van der Waals surface area contributed by atoms with E-state index >= 15 is 0 Å². The average Bonchev–Trinajstić information content (AvgIpc) is 2.41. The van der Waals surface area contributed by atoms with Crippen LogP contribution in [0.4, 0.5) is 4.79 Å². The zero-order chi connectivity index (χ0) is 17.9. The van der Waals surface area contributed by atoms with Gasteiger partial charge in [-0.3, -0.25) is 14.4 Å². The molecule has 0 rings (SSSR count). The summed E-state index contributed by atoms with van der Waals surface area (Å²) in [6.45, 7) is 5.72. The lowest BCUT2D eigenvalue weighted by molar-refractivity contribution is -0.126. The van der Waals surface area contributed by atoms with Gasteiger partial charge in [0.25, 0.3) is 0 Å². The normalized spacial score (nSPS) is 11.0. The minimum absolute atomic E-state index is 0.0336. The second-order valence-corrected chi connectivity index (χ2v) is 6.33. The molecule has 7 nitrogen and oxygen atoms in total. The van der Waals surface area contributed by atoms with E-state index in [9.17, 15) is 19.2 Å². The molecule has 3 N–H and O–H groups in total. The van der Waals surface area contributed by atoms with E-state index in [1.54, 1.807) is 20.8 Å². The molecule has 0 bridgehead atoms. The quantitative estimate of drug-likeness (QED) is 0.594. The summed E-state index contributed by atoms with van der Waals surface area (Å²) in [6, 6.07) is 0. The number of carbonyl (C=O) groups is 4. The van der Waals surface area contributed by atoms with E-state index in [1.165, 1.54) is 0 Å². The molecule has 0 saturated heterocycles. The third-order valence-corrected chi connectivity index (χ3v) is 2.86. The van der Waals surface area contributed by atoms with E-state index in [-0.39, 0.29) is 69.0 Å². The molecule has 0 atom stereocenters. The molecular weight excluding hydrogens is 300 g/mol. The molecule has 0 heterocycles. The van der Waals surface area contributed by atoms with Gasteiger partial charge in [0.1, 0.15) is 23.0 Å². The van der Waals surface area contributed by atoms with Crippen LogP contribution in [0, 0.1) is 0 Å². The largest absolute Gasteiger partial charge is 0.444 e. The van der Waals surface area contributed by atoms with Gasteiger partial charge < -0.3 is 15.8 Å². The summed E-state index contributed by atoms with van der Waals surface area (Å²) in [5.74, 6) is -0.250. The third kappa shape index (κ3) is 13.6. The zero-order valence-electron chi connectivity index (χ0n) is 14.3. The number of rotatable bonds is 11. The molecule has 0 aromatic carbocycles. The summed E-state index contributed by atoms with van der Waals surface area (Å²) in [4.78, 5) is 45.8. The summed E-state index contributed by atoms with van der Waals surface area (Å²) in [5, 5.41) is 2.49. The topological polar surface area (TPSA) is 116 Å². The van der Waals surface area contributed by atoms with Crippen molar-refractivity contribution in [2.75, 3.05) is 13.1 Å². The van der Waals surface area contributed by atoms with Gasteiger partial charge in [0.15, 0.2) is 0 Å². The van der Waals surface area contributed by atoms with Crippen LogP contribution < -0.4 is 11.1 Å². The number of nitrogens with two attached hydrogens (primary N) is 1. The number of ketones is 3. The Labute approximate surface area is 137 Å². The van der Waals surface area contributed by atoms with E-state index in [1.807, 2.05) is 0 Å². The molecule has 0 aliphatic heterocycles. The summed E-state index contributed by atoms with van der Waals surface area (Å²) >= 11 is 0. The first-order valence-electron chi connectivity index (χ1n) is 7.86. The molecule has 0 radical (unpaired) electrons. The smallest absolute Gasteiger partial charge is 0.407 e. The second kappa shape index (κ2) is 10.9. The lowest BCUT2D eigenvalue weighted by Crippen LogP contribution is -2.33. The highest BCUT2D eigenvalue weighted by molar-refractivity contribution is 5.89. The minimum Gasteiger partial charge on any atom is -0.444 e. The number of hydrogen-bond donors (Lipinski definition) is 2. The van der Waals surface area contributed by atoms with Crippen LogP contribution in [0.2, 0.25) is 0 Å². The first kappa shape index (κ1) is 21.2. The molecule has 0 spiro atoms. The summed E-state index contributed by atoms with van der Waals surface area (Å²) in [6.07, 6.45) is 0.453. The first-order chi connectivity index (χ1) is 10.6. The van der Waals surface area contributed by atoms with Crippen LogP contribution in [0.3, 0.4) is 0 Å². The van der Waals surface area contributed by atoms with Crippen molar-refractivity contribution in [3.8, 4) is 0 Å². The lowest BCUT2D eigenvalue weighted by Gasteiger charge is -2.19. The van der Waals surface area contributed by atoms with Crippen molar-refractivity contribution in [3.63, 3.8) is 0 Å². The van der Waals surface area contributed by atoms with Gasteiger partial charge in [0.05, 0.1) is 0 Å². The van der Waals surface area contributed by atoms with Crippen molar-refractivity contribution in [2.24, 2.45) is 5.73 Å². The molecule has 23 heavy (non-hydrogen) atoms. The van der Waals surface area contributed by atoms with Crippen LogP contribution in [0.15, 0.2) is 0 Å². The summed E-state index contributed by atoms with van der Waals surface area (Å²) in [5.41, 5.74) is 4.66. The Bertz CT molecular complexity index is 427. The highest BCUT2D eigenvalue weighted by Gasteiger charge is 2.16. The summed E-state index contributed by atoms with van der Waals surface area (Å²) in [7, 11) is 0. The molecular formula is C16H28N2O5. The molecule has 0 saturated carbocycles. The molecule has 0 aromatic rings. The maximum Gasteiger partial charge on any atom is 0.407 e. The third-order valence-electron chi connectivity index (χ3n) is 2.86. The van der Waals surface area contributed by atoms with Crippen LogP contribution in [0.5, 0.6) is 0 Å². The monoisotopic (exact) mass is 328 g/mol. The molecule has 132 valence electrons. The minimum atomic E-state index is -0.582. The van der Waals surface area contributed by atoms with Crippen LogP contribution in [0.25, 0.3) is 0 Å². The molecule has 0 unspecified atom stereocenters. The predicted molar refractivity (Wildman–Crippen MR) is 86.0 cm³/mol. The van der Waals surface area contributed by atoms with E-state index in [0.29, 0.717) is 0 Å². The van der Waals surface area contributed by atoms with Crippen molar-refractivity contribution in [3.05, 3.63) is 0 Å². The SMILES string of the molecule is CC(C)(C)OC(=O)NCCC(=O)CCC(=O)CCC(=O)CCN. The number of carbonyl (C=O) groups excluding carboxylic acids is 4. The number of Topliss-reactive ketones (excluding diaryl/α,β-unsaturated/α-hetero) is 3. The van der Waals surface area contributed by atoms with Crippen LogP contribution in [0.1, 0.15) is 59.3 Å². The Morgan fingerprint density at radius 2 is 1.26 bits per heavy atom. The van der Waals surface area contributed by atoms with Crippen molar-refractivity contribution in [1.29, 1.82) is 0 Å². The first-order valence-corrected chi connectivity index (χ1v) is 7.86. The Balaban J connectivity index is 3.76. The van der Waals surface area contributed by atoms with E-state index in [0.717, 1.165) is 0 Å². The summed E-state index contributed by atoms with van der Waals surface area (Å²) < 4.78 is 5.04. The molecule has 7 heteroatoms. The molecule has 0 aliphatic carbocycles. The Hall–Kier alpha value is -1.76. The molecule has 1 amide bonds. The average molecular weight is 328 g/mol. The van der Waals surface area contributed by atoms with Gasteiger partial charge in [-0.2, -0.15) is 0 Å². The van der Waals surface area contributed by atoms with Crippen molar-refractivity contribution >= 4 is 23.4 Å². The van der Waals surface area contributed by atoms with Crippen molar-refractivity contribution < 1.29 is 23.9 Å². The number of alkyl carbamates (subject to hydrolysis) is 1. The fraction of sp³-hybridized carbons (Fsp3) is 0.750. The van der Waals surface area contributed by atoms with Gasteiger partial charge in [-0.1, -0.05) is 0 Å². The molecule has 0 aliphatic rings. The second-order valence-electron chi connectivity index (χ2n) is 6.33. The van der Waals surface area contributed by atoms with Gasteiger partial charge in [0, 0.05) is 45.1 Å². The Kier molecular flexibility index (Phi) is 10.0. The number of amides is 1. The van der Waals surface area contributed by atoms with Gasteiger partial charge in [-0.25, -0.2) is 4.79 Å².